The third-order valence-electron chi connectivity index (χ3n) is 15.5. The summed E-state index contributed by atoms with van der Waals surface area (Å²) in [6, 6.07) is 86.1. The highest BCUT2D eigenvalue weighted by atomic mass is 15.1. The van der Waals surface area contributed by atoms with E-state index in [1.165, 1.54) is 120 Å². The highest BCUT2D eigenvalue weighted by Gasteiger charge is 2.40. The minimum Gasteiger partial charge on any atom is -0.310 e. The lowest BCUT2D eigenvalue weighted by molar-refractivity contribution is 0.445. The molecule has 2 aliphatic carbocycles. The first kappa shape index (κ1) is 40.3. The summed E-state index contributed by atoms with van der Waals surface area (Å²) in [5.41, 5.74) is 19.8. The lowest BCUT2D eigenvalue weighted by Crippen LogP contribution is -2.22. The van der Waals surface area contributed by atoms with Gasteiger partial charge in [-0.15, -0.1) is 0 Å². The highest BCUT2D eigenvalue weighted by molar-refractivity contribution is 6.11. The third kappa shape index (κ3) is 6.46. The monoisotopic (exact) mass is 872 g/mol. The Labute approximate surface area is 399 Å². The first-order chi connectivity index (χ1) is 33.6. The molecule has 2 nitrogen and oxygen atoms in total. The van der Waals surface area contributed by atoms with Crippen LogP contribution in [0.25, 0.3) is 71.6 Å². The second-order valence-electron chi connectivity index (χ2n) is 19.2. The van der Waals surface area contributed by atoms with Crippen LogP contribution in [0, 0.1) is 0 Å². The Kier molecular flexibility index (Phi) is 9.75. The van der Waals surface area contributed by atoms with E-state index < -0.39 is 0 Å². The quantitative estimate of drug-likeness (QED) is 0.148. The predicted octanol–water partition coefficient (Wildman–Crippen LogP) is 18.1. The highest BCUT2D eigenvalue weighted by Crippen LogP contribution is 2.53. The standard InChI is InChI=1S/C66H52N2/c1-66(49-23-7-3-8-24-49)60-32-14-11-27-54(60)55-41-37-48(43-61(55)66)45-35-38-51(39-36-45)67(52-40-42-64-59(44-52)57-29-13-16-34-63(57)68(64)50-25-9-4-10-26-50)62-33-15-12-28-56(62)58-31-18-22-47-21-17-30-53(65(47)58)46-19-5-2-6-20-46/h3-4,7-18,21-44,46H,2,5-6,19-20H2,1H3. The molecule has 13 rings (SSSR count). The molecule has 0 spiro atoms. The molecule has 11 aromatic rings. The zero-order valence-electron chi connectivity index (χ0n) is 38.4. The van der Waals surface area contributed by atoms with Crippen LogP contribution < -0.4 is 4.90 Å². The van der Waals surface area contributed by atoms with E-state index in [1.807, 2.05) is 0 Å². The van der Waals surface area contributed by atoms with Crippen LogP contribution in [0.1, 0.15) is 67.2 Å². The Hall–Kier alpha value is -7.94. The molecule has 326 valence electrons. The van der Waals surface area contributed by atoms with Crippen molar-refractivity contribution in [1.29, 1.82) is 0 Å². The first-order valence-electron chi connectivity index (χ1n) is 24.5. The van der Waals surface area contributed by atoms with E-state index in [0.29, 0.717) is 5.92 Å². The van der Waals surface area contributed by atoms with Gasteiger partial charge in [-0.2, -0.15) is 0 Å². The maximum absolute atomic E-state index is 2.50. The summed E-state index contributed by atoms with van der Waals surface area (Å²) in [5.74, 6) is 0.577. The average molecular weight is 873 g/mol. The number of para-hydroxylation sites is 3. The van der Waals surface area contributed by atoms with E-state index in [4.69, 9.17) is 0 Å². The van der Waals surface area contributed by atoms with Gasteiger partial charge in [-0.05, 0) is 147 Å². The number of rotatable bonds is 8. The van der Waals surface area contributed by atoms with Gasteiger partial charge < -0.3 is 9.47 Å². The fraction of sp³-hybridized carbons (Fsp3) is 0.121. The van der Waals surface area contributed by atoms with E-state index in [9.17, 15) is 0 Å². The molecule has 68 heavy (non-hydrogen) atoms. The van der Waals surface area contributed by atoms with Crippen molar-refractivity contribution < 1.29 is 0 Å². The van der Waals surface area contributed by atoms with E-state index in [2.05, 4.69) is 247 Å². The summed E-state index contributed by atoms with van der Waals surface area (Å²) < 4.78 is 2.41. The zero-order valence-corrected chi connectivity index (χ0v) is 38.4. The number of hydrogen-bond acceptors (Lipinski definition) is 1. The van der Waals surface area contributed by atoms with Crippen molar-refractivity contribution in [3.05, 3.63) is 253 Å². The minimum atomic E-state index is -0.260. The van der Waals surface area contributed by atoms with E-state index >= 15 is 0 Å². The fourth-order valence-electron chi connectivity index (χ4n) is 12.2. The summed E-state index contributed by atoms with van der Waals surface area (Å²) in [6.07, 6.45) is 6.46. The Morgan fingerprint density at radius 2 is 1.07 bits per heavy atom. The number of benzene rings is 10. The molecule has 0 bridgehead atoms. The number of anilines is 3. The van der Waals surface area contributed by atoms with Gasteiger partial charge in [-0.3, -0.25) is 0 Å². The minimum absolute atomic E-state index is 0.260. The summed E-state index contributed by atoms with van der Waals surface area (Å²) in [5, 5.41) is 5.18. The molecule has 0 N–H and O–H groups in total. The smallest absolute Gasteiger partial charge is 0.0542 e. The van der Waals surface area contributed by atoms with Gasteiger partial charge in [0.1, 0.15) is 0 Å². The molecule has 1 aromatic heterocycles. The van der Waals surface area contributed by atoms with Crippen LogP contribution in [-0.2, 0) is 5.41 Å². The Morgan fingerprint density at radius 3 is 1.90 bits per heavy atom. The van der Waals surface area contributed by atoms with Gasteiger partial charge >= 0.3 is 0 Å². The topological polar surface area (TPSA) is 8.17 Å². The number of aromatic nitrogens is 1. The van der Waals surface area contributed by atoms with Crippen LogP contribution in [0.3, 0.4) is 0 Å². The molecule has 0 saturated heterocycles. The lowest BCUT2D eigenvalue weighted by atomic mass is 9.74. The van der Waals surface area contributed by atoms with Gasteiger partial charge in [0, 0.05) is 38.8 Å². The van der Waals surface area contributed by atoms with Crippen molar-refractivity contribution in [2.45, 2.75) is 50.4 Å². The Morgan fingerprint density at radius 1 is 0.441 bits per heavy atom. The SMILES string of the molecule is CC1(c2ccccc2)c2ccccc2-c2ccc(-c3ccc(N(c4ccc5c(c4)c4ccccc4n5-c4ccccc4)c4ccccc4-c4cccc5cccc(C6CCCCC6)c45)cc3)cc21. The maximum atomic E-state index is 2.50. The Balaban J connectivity index is 0.989. The molecular weight excluding hydrogens is 821 g/mol. The molecule has 2 heteroatoms. The van der Waals surface area contributed by atoms with Gasteiger partial charge in [-0.1, -0.05) is 189 Å². The molecule has 2 aliphatic rings. The van der Waals surface area contributed by atoms with Crippen molar-refractivity contribution in [1.82, 2.24) is 4.57 Å². The molecule has 1 atom stereocenters. The maximum Gasteiger partial charge on any atom is 0.0542 e. The summed E-state index contributed by atoms with van der Waals surface area (Å²) in [6.45, 7) is 2.40. The molecule has 0 radical (unpaired) electrons. The molecule has 0 aliphatic heterocycles. The van der Waals surface area contributed by atoms with Crippen molar-refractivity contribution in [2.24, 2.45) is 0 Å². The van der Waals surface area contributed by atoms with Gasteiger partial charge in [0.25, 0.3) is 0 Å². The van der Waals surface area contributed by atoms with Gasteiger partial charge in [-0.25, -0.2) is 0 Å². The summed E-state index contributed by atoms with van der Waals surface area (Å²) in [4.78, 5) is 2.50. The van der Waals surface area contributed by atoms with Crippen LogP contribution in [0.4, 0.5) is 17.1 Å². The molecule has 1 fully saturated rings. The number of nitrogens with zero attached hydrogens (tertiary/aromatic N) is 2. The second kappa shape index (κ2) is 16.4. The van der Waals surface area contributed by atoms with E-state index in [0.717, 1.165) is 22.7 Å². The van der Waals surface area contributed by atoms with Gasteiger partial charge in [0.2, 0.25) is 0 Å². The molecular formula is C66H52N2. The molecule has 1 saturated carbocycles. The van der Waals surface area contributed by atoms with Gasteiger partial charge in [0.15, 0.2) is 0 Å². The van der Waals surface area contributed by atoms with E-state index in [1.54, 1.807) is 0 Å². The number of hydrogen-bond donors (Lipinski definition) is 0. The second-order valence-corrected chi connectivity index (χ2v) is 19.2. The molecule has 1 heterocycles. The molecule has 10 aromatic carbocycles. The number of fused-ring (bicyclic) bond motifs is 7. The lowest BCUT2D eigenvalue weighted by Gasteiger charge is -2.29. The van der Waals surface area contributed by atoms with Crippen LogP contribution >= 0.6 is 0 Å². The van der Waals surface area contributed by atoms with Crippen LogP contribution in [0.5, 0.6) is 0 Å². The summed E-state index contributed by atoms with van der Waals surface area (Å²) in [7, 11) is 0. The van der Waals surface area contributed by atoms with Crippen molar-refractivity contribution >= 4 is 49.6 Å². The average Bonchev–Trinajstić information content (AvgIpc) is 3.88. The fourth-order valence-corrected chi connectivity index (χ4v) is 12.2. The van der Waals surface area contributed by atoms with Crippen LogP contribution in [-0.4, -0.2) is 4.57 Å². The Bertz CT molecular complexity index is 3660. The third-order valence-corrected chi connectivity index (χ3v) is 15.5. The van der Waals surface area contributed by atoms with Gasteiger partial charge in [0.05, 0.1) is 16.7 Å². The largest absolute Gasteiger partial charge is 0.310 e. The van der Waals surface area contributed by atoms with Crippen LogP contribution in [0.2, 0.25) is 0 Å². The first-order valence-corrected chi connectivity index (χ1v) is 24.5. The zero-order chi connectivity index (χ0) is 45.2. The van der Waals surface area contributed by atoms with E-state index in [-0.39, 0.29) is 5.41 Å². The van der Waals surface area contributed by atoms with Crippen LogP contribution in [0.15, 0.2) is 231 Å². The summed E-state index contributed by atoms with van der Waals surface area (Å²) >= 11 is 0. The predicted molar refractivity (Wildman–Crippen MR) is 287 cm³/mol. The van der Waals surface area contributed by atoms with Crippen molar-refractivity contribution in [3.63, 3.8) is 0 Å². The van der Waals surface area contributed by atoms with Crippen molar-refractivity contribution in [3.8, 4) is 39.1 Å². The molecule has 1 unspecified atom stereocenters. The normalized spacial score (nSPS) is 15.7. The van der Waals surface area contributed by atoms with Crippen molar-refractivity contribution in [2.75, 3.05) is 4.90 Å². The molecule has 0 amide bonds.